The van der Waals surface area contributed by atoms with Gasteiger partial charge in [0.05, 0.1) is 11.0 Å². The second kappa shape index (κ2) is 5.68. The Morgan fingerprint density at radius 3 is 3.00 bits per heavy atom. The van der Waals surface area contributed by atoms with E-state index in [-0.39, 0.29) is 11.3 Å². The Labute approximate surface area is 120 Å². The fraction of sp³-hybridized carbons (Fsp3) is 0.600. The highest BCUT2D eigenvalue weighted by Gasteiger charge is 2.37. The van der Waals surface area contributed by atoms with Crippen LogP contribution in [-0.2, 0) is 11.3 Å². The van der Waals surface area contributed by atoms with Crippen molar-refractivity contribution in [1.82, 2.24) is 15.2 Å². The first-order chi connectivity index (χ1) is 9.48. The molecule has 1 aliphatic heterocycles. The largest absolute Gasteiger partial charge is 0.360 e. The molecule has 0 bridgehead atoms. The van der Waals surface area contributed by atoms with Crippen molar-refractivity contribution in [3.63, 3.8) is 0 Å². The summed E-state index contributed by atoms with van der Waals surface area (Å²) >= 11 is 0. The van der Waals surface area contributed by atoms with Gasteiger partial charge in [-0.15, -0.1) is 0 Å². The van der Waals surface area contributed by atoms with E-state index < -0.39 is 0 Å². The van der Waals surface area contributed by atoms with Crippen LogP contribution in [0.25, 0.3) is 0 Å². The highest BCUT2D eigenvalue weighted by molar-refractivity contribution is 5.82. The summed E-state index contributed by atoms with van der Waals surface area (Å²) in [7, 11) is 1.69. The maximum atomic E-state index is 12.0. The quantitative estimate of drug-likeness (QED) is 0.878. The molecule has 0 aliphatic carbocycles. The summed E-state index contributed by atoms with van der Waals surface area (Å²) in [4.78, 5) is 17.5. The van der Waals surface area contributed by atoms with Crippen molar-refractivity contribution in [3.8, 4) is 6.07 Å². The summed E-state index contributed by atoms with van der Waals surface area (Å²) in [6.45, 7) is 6.44. The number of aryl methyl sites for hydroxylation is 1. The molecule has 0 radical (unpaired) electrons. The second-order valence-corrected chi connectivity index (χ2v) is 5.90. The molecule has 1 atom stereocenters. The van der Waals surface area contributed by atoms with E-state index in [1.807, 2.05) is 19.9 Å². The number of nitrogens with one attached hydrogen (secondary N) is 2. The van der Waals surface area contributed by atoms with Crippen LogP contribution in [0.5, 0.6) is 0 Å². The molecule has 2 rings (SSSR count). The van der Waals surface area contributed by atoms with Gasteiger partial charge in [0.2, 0.25) is 5.91 Å². The lowest BCUT2D eigenvalue weighted by Crippen LogP contribution is -2.49. The molecule has 2 N–H and O–H groups in total. The van der Waals surface area contributed by atoms with Gasteiger partial charge >= 0.3 is 0 Å². The van der Waals surface area contributed by atoms with Crippen LogP contribution in [0.15, 0.2) is 6.07 Å². The number of hydrogen-bond donors (Lipinski definition) is 2. The monoisotopic (exact) mass is 274 g/mol. The molecule has 20 heavy (non-hydrogen) atoms. The van der Waals surface area contributed by atoms with Gasteiger partial charge in [0, 0.05) is 31.5 Å². The van der Waals surface area contributed by atoms with Gasteiger partial charge in [0.25, 0.3) is 0 Å². The average Bonchev–Trinajstić information content (AvgIpc) is 2.77. The predicted molar refractivity (Wildman–Crippen MR) is 76.9 cm³/mol. The summed E-state index contributed by atoms with van der Waals surface area (Å²) in [6.07, 6.45) is 1.95. The zero-order chi connectivity index (χ0) is 14.8. The molecule has 1 aromatic rings. The molecule has 5 nitrogen and oxygen atoms in total. The van der Waals surface area contributed by atoms with Crippen LogP contribution < -0.4 is 5.32 Å². The molecule has 0 saturated carbocycles. The first kappa shape index (κ1) is 14.6. The summed E-state index contributed by atoms with van der Waals surface area (Å²) in [6, 6.07) is 4.09. The first-order valence-electron chi connectivity index (χ1n) is 7.01. The van der Waals surface area contributed by atoms with Gasteiger partial charge in [-0.25, -0.2) is 0 Å². The van der Waals surface area contributed by atoms with Crippen LogP contribution in [0.3, 0.4) is 0 Å². The fourth-order valence-corrected chi connectivity index (χ4v) is 3.04. The van der Waals surface area contributed by atoms with Gasteiger partial charge in [-0.3, -0.25) is 9.69 Å². The van der Waals surface area contributed by atoms with Crippen LogP contribution in [0.4, 0.5) is 0 Å². The third-order valence-corrected chi connectivity index (χ3v) is 4.14. The predicted octanol–water partition coefficient (Wildman–Crippen LogP) is 1.54. The Kier molecular flexibility index (Phi) is 4.15. The summed E-state index contributed by atoms with van der Waals surface area (Å²) in [5, 5.41) is 11.8. The number of aromatic amines is 1. The molecule has 1 aliphatic rings. The molecule has 5 heteroatoms. The number of carbonyl (C=O) groups excluding carboxylic acids is 1. The minimum atomic E-state index is -0.313. The number of aromatic nitrogens is 1. The Hall–Kier alpha value is -1.80. The van der Waals surface area contributed by atoms with Crippen LogP contribution in [-0.4, -0.2) is 35.9 Å². The number of H-pyrrole nitrogens is 1. The molecular formula is C15H22N4O. The normalized spacial score (nSPS) is 23.3. The van der Waals surface area contributed by atoms with Crippen LogP contribution in [0.1, 0.15) is 36.7 Å². The number of piperidine rings is 1. The van der Waals surface area contributed by atoms with Gasteiger partial charge in [0.15, 0.2) is 0 Å². The zero-order valence-electron chi connectivity index (χ0n) is 12.4. The molecule has 1 aromatic heterocycles. The van der Waals surface area contributed by atoms with Crippen LogP contribution >= 0.6 is 0 Å². The van der Waals surface area contributed by atoms with Gasteiger partial charge in [0.1, 0.15) is 6.07 Å². The second-order valence-electron chi connectivity index (χ2n) is 5.90. The molecule has 108 valence electrons. The van der Waals surface area contributed by atoms with Crippen molar-refractivity contribution in [1.29, 1.82) is 5.26 Å². The summed E-state index contributed by atoms with van der Waals surface area (Å²) in [5.41, 5.74) is 2.34. The maximum Gasteiger partial charge on any atom is 0.226 e. The average molecular weight is 274 g/mol. The Balaban J connectivity index is 2.06. The number of rotatable bonds is 3. The number of amides is 1. The van der Waals surface area contributed by atoms with Crippen molar-refractivity contribution < 1.29 is 4.79 Å². The van der Waals surface area contributed by atoms with E-state index in [1.54, 1.807) is 7.05 Å². The maximum absolute atomic E-state index is 12.0. The topological polar surface area (TPSA) is 71.9 Å². The lowest BCUT2D eigenvalue weighted by Gasteiger charge is -2.38. The number of nitrogens with zero attached hydrogens (tertiary/aromatic N) is 2. The molecule has 1 amide bonds. The summed E-state index contributed by atoms with van der Waals surface area (Å²) < 4.78 is 0. The van der Waals surface area contributed by atoms with E-state index >= 15 is 0 Å². The van der Waals surface area contributed by atoms with Crippen LogP contribution in [0, 0.1) is 23.7 Å². The minimum absolute atomic E-state index is 0.114. The van der Waals surface area contributed by atoms with Crippen molar-refractivity contribution in [2.45, 2.75) is 33.2 Å². The number of carbonyl (C=O) groups is 1. The van der Waals surface area contributed by atoms with Crippen molar-refractivity contribution in [2.75, 3.05) is 20.1 Å². The molecule has 2 heterocycles. The van der Waals surface area contributed by atoms with Crippen LogP contribution in [0.2, 0.25) is 0 Å². The van der Waals surface area contributed by atoms with Gasteiger partial charge in [-0.1, -0.05) is 0 Å². The Morgan fingerprint density at radius 2 is 2.40 bits per heavy atom. The number of likely N-dealkylation sites (tertiary alicyclic amines) is 1. The molecule has 1 fully saturated rings. The molecule has 0 spiro atoms. The van der Waals surface area contributed by atoms with E-state index in [2.05, 4.69) is 21.3 Å². The zero-order valence-corrected chi connectivity index (χ0v) is 12.4. The lowest BCUT2D eigenvalue weighted by atomic mass is 9.81. The van der Waals surface area contributed by atoms with Gasteiger partial charge in [-0.05, 0) is 39.3 Å². The highest BCUT2D eigenvalue weighted by atomic mass is 16.2. The minimum Gasteiger partial charge on any atom is -0.360 e. The Bertz CT molecular complexity index is 543. The third kappa shape index (κ3) is 2.86. The van der Waals surface area contributed by atoms with Gasteiger partial charge in [-0.2, -0.15) is 5.26 Å². The van der Waals surface area contributed by atoms with Crippen molar-refractivity contribution in [3.05, 3.63) is 23.0 Å². The first-order valence-corrected chi connectivity index (χ1v) is 7.01. The fourth-order valence-electron chi connectivity index (χ4n) is 3.04. The number of hydrogen-bond acceptors (Lipinski definition) is 3. The smallest absolute Gasteiger partial charge is 0.226 e. The molecule has 1 saturated heterocycles. The SMILES string of the molecule is CNC(=O)[C@]1(C)CCCN(Cc2cc(C#N)c(C)[nH]2)C1. The van der Waals surface area contributed by atoms with Crippen molar-refractivity contribution >= 4 is 5.91 Å². The molecule has 0 unspecified atom stereocenters. The Morgan fingerprint density at radius 1 is 1.65 bits per heavy atom. The van der Waals surface area contributed by atoms with Gasteiger partial charge < -0.3 is 10.3 Å². The van der Waals surface area contributed by atoms with Crippen molar-refractivity contribution in [2.24, 2.45) is 5.41 Å². The standard InChI is InChI=1S/C15H22N4O/c1-11-12(8-16)7-13(18-11)9-19-6-4-5-15(2,10-19)14(20)17-3/h7,18H,4-6,9-10H2,1-3H3,(H,17,20)/t15-/m1/s1. The van der Waals surface area contributed by atoms with E-state index in [9.17, 15) is 4.79 Å². The number of nitriles is 1. The lowest BCUT2D eigenvalue weighted by molar-refractivity contribution is -0.132. The summed E-state index contributed by atoms with van der Waals surface area (Å²) in [5.74, 6) is 0.114. The highest BCUT2D eigenvalue weighted by Crippen LogP contribution is 2.30. The third-order valence-electron chi connectivity index (χ3n) is 4.14. The molecular weight excluding hydrogens is 252 g/mol. The van der Waals surface area contributed by atoms with E-state index in [1.165, 1.54) is 0 Å². The van der Waals surface area contributed by atoms with E-state index in [0.29, 0.717) is 5.56 Å². The van der Waals surface area contributed by atoms with E-state index in [4.69, 9.17) is 5.26 Å². The van der Waals surface area contributed by atoms with E-state index in [0.717, 1.165) is 43.9 Å². The molecule has 0 aromatic carbocycles.